The number of hydrogen-bond donors (Lipinski definition) is 1. The molecule has 1 aromatic rings. The van der Waals surface area contributed by atoms with Gasteiger partial charge < -0.3 is 14.6 Å². The summed E-state index contributed by atoms with van der Waals surface area (Å²) in [7, 11) is 0. The van der Waals surface area contributed by atoms with Gasteiger partial charge in [0, 0.05) is 25.3 Å². The highest BCUT2D eigenvalue weighted by atomic mass is 16.5. The van der Waals surface area contributed by atoms with Gasteiger partial charge in [0.2, 0.25) is 0 Å². The summed E-state index contributed by atoms with van der Waals surface area (Å²) in [5.41, 5.74) is 0. The van der Waals surface area contributed by atoms with Crippen molar-refractivity contribution in [2.75, 3.05) is 6.61 Å². The molecule has 2 aliphatic carbocycles. The topological polar surface area (TPSA) is 64.3 Å². The Morgan fingerprint density at radius 1 is 1.32 bits per heavy atom. The maximum absolute atomic E-state index is 6.19. The summed E-state index contributed by atoms with van der Waals surface area (Å²) in [4.78, 5) is 4.30. The van der Waals surface area contributed by atoms with Crippen LogP contribution in [-0.4, -0.2) is 33.7 Å². The van der Waals surface area contributed by atoms with Crippen molar-refractivity contribution in [3.63, 3.8) is 0 Å². The maximum Gasteiger partial charge on any atom is 0.175 e. The quantitative estimate of drug-likeness (QED) is 0.894. The van der Waals surface area contributed by atoms with E-state index >= 15 is 0 Å². The lowest BCUT2D eigenvalue weighted by Crippen LogP contribution is -2.14. The van der Waals surface area contributed by atoms with Crippen LogP contribution in [-0.2, 0) is 11.3 Å². The molecule has 0 bridgehead atoms. The highest BCUT2D eigenvalue weighted by Gasteiger charge is 2.38. The van der Waals surface area contributed by atoms with Gasteiger partial charge in [-0.1, -0.05) is 19.9 Å². The van der Waals surface area contributed by atoms with Crippen LogP contribution in [0.1, 0.15) is 56.6 Å². The fourth-order valence-corrected chi connectivity index (χ4v) is 3.90. The van der Waals surface area contributed by atoms with Gasteiger partial charge in [0.25, 0.3) is 0 Å². The number of ether oxygens (including phenoxy) is 1. The number of nitrogens with one attached hydrogen (secondary N) is 1. The standard InChI is InChI=1S/C19H27N5O/c1-3-15-9-16(25-12-14-5-6-14)10-17(15)19-23-22-18-11-21-13(2)20-7-4-8-24(18)19/h4,7,11,14-17,20H,2-3,5-6,8-10,12H2,1H3/b7-4-,21-11?/t15-,16+,17+/m1/s1. The third kappa shape index (κ3) is 3.68. The zero-order valence-electron chi connectivity index (χ0n) is 14.9. The molecule has 25 heavy (non-hydrogen) atoms. The minimum absolute atomic E-state index is 0.366. The Balaban J connectivity index is 1.55. The average molecular weight is 341 g/mol. The zero-order chi connectivity index (χ0) is 17.2. The van der Waals surface area contributed by atoms with Gasteiger partial charge >= 0.3 is 0 Å². The van der Waals surface area contributed by atoms with Gasteiger partial charge in [-0.3, -0.25) is 0 Å². The van der Waals surface area contributed by atoms with Crippen LogP contribution in [0.3, 0.4) is 0 Å². The average Bonchev–Trinajstić information content (AvgIpc) is 3.19. The van der Waals surface area contributed by atoms with E-state index in [2.05, 4.69) is 44.7 Å². The molecule has 4 rings (SSSR count). The Bertz CT molecular complexity index is 688. The van der Waals surface area contributed by atoms with E-state index in [4.69, 9.17) is 4.74 Å². The normalized spacial score (nSPS) is 30.3. The molecule has 3 aliphatic rings. The highest BCUT2D eigenvalue weighted by molar-refractivity contribution is 5.75. The van der Waals surface area contributed by atoms with Crippen molar-refractivity contribution >= 4 is 6.21 Å². The summed E-state index contributed by atoms with van der Waals surface area (Å²) in [6.45, 7) is 7.81. The smallest absolute Gasteiger partial charge is 0.175 e. The zero-order valence-corrected chi connectivity index (χ0v) is 14.9. The highest BCUT2D eigenvalue weighted by Crippen LogP contribution is 2.43. The van der Waals surface area contributed by atoms with Crippen molar-refractivity contribution in [2.45, 2.75) is 57.6 Å². The molecule has 134 valence electrons. The Morgan fingerprint density at radius 2 is 2.20 bits per heavy atom. The molecule has 6 heteroatoms. The van der Waals surface area contributed by atoms with E-state index in [9.17, 15) is 0 Å². The molecule has 1 N–H and O–H groups in total. The molecule has 1 aromatic heterocycles. The molecule has 2 heterocycles. The van der Waals surface area contributed by atoms with Crippen LogP contribution < -0.4 is 5.32 Å². The van der Waals surface area contributed by atoms with E-state index in [1.54, 1.807) is 6.21 Å². The Labute approximate surface area is 149 Å². The number of rotatable bonds is 5. The molecule has 0 amide bonds. The van der Waals surface area contributed by atoms with E-state index in [1.165, 1.54) is 12.8 Å². The van der Waals surface area contributed by atoms with Crippen LogP contribution in [0.2, 0.25) is 0 Å². The number of aromatic nitrogens is 3. The predicted molar refractivity (Wildman–Crippen MR) is 97.3 cm³/mol. The van der Waals surface area contributed by atoms with E-state index in [-0.39, 0.29) is 0 Å². The first-order chi connectivity index (χ1) is 12.2. The van der Waals surface area contributed by atoms with Crippen LogP contribution in [0.25, 0.3) is 0 Å². The fraction of sp³-hybridized carbons (Fsp3) is 0.632. The van der Waals surface area contributed by atoms with Crippen molar-refractivity contribution in [3.8, 4) is 0 Å². The molecule has 2 fully saturated rings. The van der Waals surface area contributed by atoms with E-state index < -0.39 is 0 Å². The van der Waals surface area contributed by atoms with E-state index in [0.29, 0.717) is 23.8 Å². The van der Waals surface area contributed by atoms with Gasteiger partial charge in [0.15, 0.2) is 5.82 Å². The minimum Gasteiger partial charge on any atom is -0.378 e. The first kappa shape index (κ1) is 16.5. The molecule has 3 atom stereocenters. The molecule has 1 aliphatic heterocycles. The Morgan fingerprint density at radius 3 is 3.00 bits per heavy atom. The fourth-order valence-electron chi connectivity index (χ4n) is 3.90. The summed E-state index contributed by atoms with van der Waals surface area (Å²) in [5, 5.41) is 12.0. The second-order valence-electron chi connectivity index (χ2n) is 7.42. The van der Waals surface area contributed by atoms with Crippen molar-refractivity contribution in [3.05, 3.63) is 36.3 Å². The van der Waals surface area contributed by atoms with Crippen LogP contribution in [0, 0.1) is 11.8 Å². The van der Waals surface area contributed by atoms with Crippen LogP contribution in [0.5, 0.6) is 0 Å². The van der Waals surface area contributed by atoms with Crippen LogP contribution in [0.15, 0.2) is 29.7 Å². The number of fused-ring (bicyclic) bond motifs is 1. The second-order valence-corrected chi connectivity index (χ2v) is 7.42. The van der Waals surface area contributed by atoms with Crippen LogP contribution in [0.4, 0.5) is 0 Å². The van der Waals surface area contributed by atoms with E-state index in [1.807, 2.05) is 6.20 Å². The van der Waals surface area contributed by atoms with Crippen molar-refractivity contribution in [2.24, 2.45) is 16.8 Å². The summed E-state index contributed by atoms with van der Waals surface area (Å²) in [5.74, 6) is 4.31. The minimum atomic E-state index is 0.366. The third-order valence-electron chi connectivity index (χ3n) is 5.57. The maximum atomic E-state index is 6.19. The van der Waals surface area contributed by atoms with Gasteiger partial charge in [-0.25, -0.2) is 4.99 Å². The largest absolute Gasteiger partial charge is 0.378 e. The van der Waals surface area contributed by atoms with Gasteiger partial charge in [0.1, 0.15) is 11.6 Å². The molecule has 0 spiro atoms. The number of nitrogens with zero attached hydrogens (tertiary/aromatic N) is 4. The molecule has 0 saturated heterocycles. The van der Waals surface area contributed by atoms with Gasteiger partial charge in [0.05, 0.1) is 12.3 Å². The molecule has 6 nitrogen and oxygen atoms in total. The molecular formula is C19H27N5O. The Hall–Kier alpha value is -1.95. The summed E-state index contributed by atoms with van der Waals surface area (Å²) < 4.78 is 8.37. The third-order valence-corrected chi connectivity index (χ3v) is 5.57. The van der Waals surface area contributed by atoms with Gasteiger partial charge in [-0.05, 0) is 43.6 Å². The lowest BCUT2D eigenvalue weighted by molar-refractivity contribution is 0.0475. The van der Waals surface area contributed by atoms with E-state index in [0.717, 1.165) is 50.0 Å². The lowest BCUT2D eigenvalue weighted by atomic mass is 9.93. The first-order valence-electron chi connectivity index (χ1n) is 9.43. The van der Waals surface area contributed by atoms with Crippen molar-refractivity contribution in [1.29, 1.82) is 0 Å². The molecule has 0 radical (unpaired) electrons. The first-order valence-corrected chi connectivity index (χ1v) is 9.43. The molecule has 0 aromatic carbocycles. The molecular weight excluding hydrogens is 314 g/mol. The van der Waals surface area contributed by atoms with Gasteiger partial charge in [-0.2, -0.15) is 0 Å². The number of allylic oxidation sites excluding steroid dienone is 1. The molecule has 0 unspecified atom stereocenters. The Kier molecular flexibility index (Phi) is 4.70. The molecule has 2 saturated carbocycles. The monoisotopic (exact) mass is 341 g/mol. The summed E-state index contributed by atoms with van der Waals surface area (Å²) in [6, 6.07) is 0. The number of aliphatic imine (C=N–C) groups is 1. The SMILES string of the molecule is C=C1N=Cc2nnc([C@H]3C[C@@H](OCC4CC4)C[C@H]3CC)n2C/C=C\N1. The predicted octanol–water partition coefficient (Wildman–Crippen LogP) is 2.98. The van der Waals surface area contributed by atoms with Crippen molar-refractivity contribution < 1.29 is 4.74 Å². The number of hydrogen-bond acceptors (Lipinski definition) is 5. The van der Waals surface area contributed by atoms with Crippen LogP contribution >= 0.6 is 0 Å². The van der Waals surface area contributed by atoms with Crippen molar-refractivity contribution in [1.82, 2.24) is 20.1 Å². The summed E-state index contributed by atoms with van der Waals surface area (Å²) >= 11 is 0. The lowest BCUT2D eigenvalue weighted by Gasteiger charge is -2.17. The summed E-state index contributed by atoms with van der Waals surface area (Å²) in [6.07, 6.45) is 12.1. The second kappa shape index (κ2) is 7.12. The van der Waals surface area contributed by atoms with Gasteiger partial charge in [-0.15, -0.1) is 10.2 Å².